The van der Waals surface area contributed by atoms with Crippen LogP contribution in [0.2, 0.25) is 0 Å². The molecule has 0 aromatic carbocycles. The van der Waals surface area contributed by atoms with Crippen molar-refractivity contribution in [3.8, 4) is 0 Å². The average Bonchev–Trinajstić information content (AvgIpc) is 2.21. The van der Waals surface area contributed by atoms with Gasteiger partial charge in [-0.15, -0.1) is 0 Å². The number of rotatable bonds is 5. The van der Waals surface area contributed by atoms with E-state index in [9.17, 15) is 5.11 Å². The van der Waals surface area contributed by atoms with Crippen LogP contribution in [0.4, 0.5) is 0 Å². The van der Waals surface area contributed by atoms with E-state index >= 15 is 0 Å². The van der Waals surface area contributed by atoms with Crippen LogP contribution in [-0.2, 0) is 0 Å². The van der Waals surface area contributed by atoms with E-state index in [-0.39, 0.29) is 6.10 Å². The minimum absolute atomic E-state index is 0.0580. The Bertz CT molecular complexity index is 193. The summed E-state index contributed by atoms with van der Waals surface area (Å²) in [5, 5.41) is 10.0. The number of hydrogen-bond donors (Lipinski definition) is 1. The Balaban J connectivity index is 2.42. The zero-order chi connectivity index (χ0) is 12.1. The van der Waals surface area contributed by atoms with Gasteiger partial charge in [0, 0.05) is 13.1 Å². The summed E-state index contributed by atoms with van der Waals surface area (Å²) in [6.07, 6.45) is 3.35. The smallest absolute Gasteiger partial charge is 0.0580 e. The van der Waals surface area contributed by atoms with E-state index in [4.69, 9.17) is 0 Å². The van der Waals surface area contributed by atoms with Crippen LogP contribution < -0.4 is 0 Å². The first-order chi connectivity index (χ1) is 7.52. The van der Waals surface area contributed by atoms with E-state index in [0.717, 1.165) is 37.9 Å². The molecule has 0 bridgehead atoms. The lowest BCUT2D eigenvalue weighted by Crippen LogP contribution is -2.39. The highest BCUT2D eigenvalue weighted by atomic mass is 16.3. The summed E-state index contributed by atoms with van der Waals surface area (Å²) in [5.74, 6) is 2.02. The van der Waals surface area contributed by atoms with Gasteiger partial charge in [0.25, 0.3) is 0 Å². The van der Waals surface area contributed by atoms with Gasteiger partial charge in [0.05, 0.1) is 6.10 Å². The topological polar surface area (TPSA) is 23.5 Å². The van der Waals surface area contributed by atoms with E-state index in [1.807, 2.05) is 0 Å². The molecule has 0 spiro atoms. The summed E-state index contributed by atoms with van der Waals surface area (Å²) in [6, 6.07) is 0. The molecule has 1 saturated carbocycles. The van der Waals surface area contributed by atoms with Crippen molar-refractivity contribution < 1.29 is 5.11 Å². The quantitative estimate of drug-likeness (QED) is 0.780. The summed E-state index contributed by atoms with van der Waals surface area (Å²) < 4.78 is 0. The molecule has 0 aromatic rings. The van der Waals surface area contributed by atoms with E-state index < -0.39 is 0 Å². The van der Waals surface area contributed by atoms with Crippen LogP contribution in [0.15, 0.2) is 0 Å². The molecular formula is C14H29NO. The molecule has 96 valence electrons. The Morgan fingerprint density at radius 1 is 1.31 bits per heavy atom. The van der Waals surface area contributed by atoms with Gasteiger partial charge in [0.15, 0.2) is 0 Å². The van der Waals surface area contributed by atoms with Crippen molar-refractivity contribution in [3.05, 3.63) is 0 Å². The maximum absolute atomic E-state index is 10.0. The van der Waals surface area contributed by atoms with Gasteiger partial charge >= 0.3 is 0 Å². The minimum atomic E-state index is -0.0580. The van der Waals surface area contributed by atoms with Crippen molar-refractivity contribution in [3.63, 3.8) is 0 Å². The Labute approximate surface area is 101 Å². The summed E-state index contributed by atoms with van der Waals surface area (Å²) in [4.78, 5) is 2.50. The molecule has 0 amide bonds. The molecule has 0 radical (unpaired) electrons. The van der Waals surface area contributed by atoms with Crippen molar-refractivity contribution >= 4 is 0 Å². The first kappa shape index (κ1) is 14.0. The lowest BCUT2D eigenvalue weighted by molar-refractivity contribution is 0.0295. The lowest BCUT2D eigenvalue weighted by Gasteiger charge is -2.35. The molecule has 0 aromatic heterocycles. The molecule has 2 heteroatoms. The Kier molecular flexibility index (Phi) is 5.77. The van der Waals surface area contributed by atoms with Crippen molar-refractivity contribution in [1.29, 1.82) is 0 Å². The summed E-state index contributed by atoms with van der Waals surface area (Å²) in [7, 11) is 0. The van der Waals surface area contributed by atoms with Crippen molar-refractivity contribution in [2.45, 2.75) is 53.1 Å². The monoisotopic (exact) mass is 227 g/mol. The van der Waals surface area contributed by atoms with Gasteiger partial charge in [0.1, 0.15) is 0 Å². The van der Waals surface area contributed by atoms with E-state index in [1.54, 1.807) is 0 Å². The van der Waals surface area contributed by atoms with Crippen LogP contribution in [0.1, 0.15) is 47.0 Å². The Morgan fingerprint density at radius 3 is 2.56 bits per heavy atom. The third kappa shape index (κ3) is 4.42. The highest BCUT2D eigenvalue weighted by Crippen LogP contribution is 2.29. The van der Waals surface area contributed by atoms with E-state index in [0.29, 0.717) is 5.92 Å². The second-order valence-electron chi connectivity index (χ2n) is 5.99. The standard InChI is InChI=1S/C14H29NO/c1-5-15(9-11(2)3)10-13-8-12(4)6-7-14(13)16/h11-14,16H,5-10H2,1-4H3. The Hall–Kier alpha value is -0.0800. The fraction of sp³-hybridized carbons (Fsp3) is 1.00. The van der Waals surface area contributed by atoms with E-state index in [1.165, 1.54) is 12.8 Å². The van der Waals surface area contributed by atoms with Gasteiger partial charge < -0.3 is 10.0 Å². The van der Waals surface area contributed by atoms with Crippen molar-refractivity contribution in [2.75, 3.05) is 19.6 Å². The summed E-state index contributed by atoms with van der Waals surface area (Å²) >= 11 is 0. The van der Waals surface area contributed by atoms with Crippen LogP contribution in [-0.4, -0.2) is 35.7 Å². The Morgan fingerprint density at radius 2 is 2.00 bits per heavy atom. The van der Waals surface area contributed by atoms with Gasteiger partial charge in [0.2, 0.25) is 0 Å². The molecule has 1 fully saturated rings. The molecule has 1 aliphatic rings. The zero-order valence-electron chi connectivity index (χ0n) is 11.4. The molecule has 1 aliphatic carbocycles. The number of aliphatic hydroxyl groups excluding tert-OH is 1. The molecule has 2 nitrogen and oxygen atoms in total. The molecular weight excluding hydrogens is 198 g/mol. The molecule has 3 atom stereocenters. The highest BCUT2D eigenvalue weighted by molar-refractivity contribution is 4.80. The molecule has 3 unspecified atom stereocenters. The third-order valence-corrected chi connectivity index (χ3v) is 3.77. The summed E-state index contributed by atoms with van der Waals surface area (Å²) in [5.41, 5.74) is 0. The maximum Gasteiger partial charge on any atom is 0.0580 e. The van der Waals surface area contributed by atoms with Crippen LogP contribution in [0.5, 0.6) is 0 Å². The van der Waals surface area contributed by atoms with Crippen molar-refractivity contribution in [2.24, 2.45) is 17.8 Å². The summed E-state index contributed by atoms with van der Waals surface area (Å²) in [6.45, 7) is 12.4. The van der Waals surface area contributed by atoms with Crippen molar-refractivity contribution in [1.82, 2.24) is 4.90 Å². The largest absolute Gasteiger partial charge is 0.393 e. The SMILES string of the molecule is CCN(CC(C)C)CC1CC(C)CCC1O. The minimum Gasteiger partial charge on any atom is -0.393 e. The van der Waals surface area contributed by atoms with Crippen LogP contribution >= 0.6 is 0 Å². The lowest BCUT2D eigenvalue weighted by atomic mass is 9.80. The second-order valence-corrected chi connectivity index (χ2v) is 5.99. The fourth-order valence-corrected chi connectivity index (χ4v) is 2.86. The molecule has 1 N–H and O–H groups in total. The average molecular weight is 227 g/mol. The first-order valence-corrected chi connectivity index (χ1v) is 6.93. The van der Waals surface area contributed by atoms with Gasteiger partial charge in [-0.3, -0.25) is 0 Å². The number of aliphatic hydroxyl groups is 1. The molecule has 1 rings (SSSR count). The number of hydrogen-bond acceptors (Lipinski definition) is 2. The third-order valence-electron chi connectivity index (χ3n) is 3.77. The van der Waals surface area contributed by atoms with Gasteiger partial charge in [-0.25, -0.2) is 0 Å². The highest BCUT2D eigenvalue weighted by Gasteiger charge is 2.28. The van der Waals surface area contributed by atoms with Gasteiger partial charge in [-0.1, -0.05) is 27.7 Å². The van der Waals surface area contributed by atoms with Crippen LogP contribution in [0.25, 0.3) is 0 Å². The zero-order valence-corrected chi connectivity index (χ0v) is 11.4. The van der Waals surface area contributed by atoms with Gasteiger partial charge in [-0.05, 0) is 43.6 Å². The molecule has 0 heterocycles. The maximum atomic E-state index is 10.0. The van der Waals surface area contributed by atoms with Crippen LogP contribution in [0.3, 0.4) is 0 Å². The molecule has 0 saturated heterocycles. The predicted octanol–water partition coefficient (Wildman–Crippen LogP) is 2.76. The predicted molar refractivity (Wildman–Crippen MR) is 69.5 cm³/mol. The normalized spacial score (nSPS) is 31.3. The van der Waals surface area contributed by atoms with Crippen LogP contribution in [0, 0.1) is 17.8 Å². The first-order valence-electron chi connectivity index (χ1n) is 6.93. The second kappa shape index (κ2) is 6.61. The molecule has 0 aliphatic heterocycles. The van der Waals surface area contributed by atoms with E-state index in [2.05, 4.69) is 32.6 Å². The molecule has 16 heavy (non-hydrogen) atoms. The number of nitrogens with zero attached hydrogens (tertiary/aromatic N) is 1. The van der Waals surface area contributed by atoms with Gasteiger partial charge in [-0.2, -0.15) is 0 Å². The fourth-order valence-electron chi connectivity index (χ4n) is 2.86.